The third-order valence-corrected chi connectivity index (χ3v) is 5.52. The van der Waals surface area contributed by atoms with Gasteiger partial charge < -0.3 is 14.4 Å². The van der Waals surface area contributed by atoms with E-state index in [9.17, 15) is 9.90 Å². The number of anilines is 1. The van der Waals surface area contributed by atoms with E-state index in [1.54, 1.807) is 31.0 Å². The van der Waals surface area contributed by atoms with Gasteiger partial charge >= 0.3 is 5.97 Å². The number of hydrogen-bond acceptors (Lipinski definition) is 6. The van der Waals surface area contributed by atoms with Crippen molar-refractivity contribution in [2.75, 3.05) is 24.5 Å². The molecule has 132 valence electrons. The fourth-order valence-electron chi connectivity index (χ4n) is 4.36. The lowest BCUT2D eigenvalue weighted by molar-refractivity contribution is -0.158. The Labute approximate surface area is 146 Å². The van der Waals surface area contributed by atoms with Gasteiger partial charge in [0.05, 0.1) is 12.5 Å². The standard InChI is InChI=1S/C18H22N4O3/c23-16(24)18-5-1-8-21(11-14-4-10-25-12-14)15(18)3-9-22(13-18)17-19-6-2-7-20-17/h2,4,6-7,10,12,15H,1,3,5,8-9,11,13H2,(H,23,24)/t15-,18+/m1/s1. The molecule has 2 saturated heterocycles. The number of furan rings is 1. The molecule has 0 aromatic carbocycles. The number of fused-ring (bicyclic) bond motifs is 1. The van der Waals surface area contributed by atoms with Crippen molar-refractivity contribution < 1.29 is 14.3 Å². The van der Waals surface area contributed by atoms with E-state index in [0.29, 0.717) is 18.9 Å². The first-order valence-electron chi connectivity index (χ1n) is 8.69. The van der Waals surface area contributed by atoms with Crippen molar-refractivity contribution in [3.05, 3.63) is 42.6 Å². The lowest BCUT2D eigenvalue weighted by Gasteiger charge is -2.52. The van der Waals surface area contributed by atoms with Crippen molar-refractivity contribution in [3.63, 3.8) is 0 Å². The minimum absolute atomic E-state index is 0.0219. The van der Waals surface area contributed by atoms with E-state index < -0.39 is 11.4 Å². The summed E-state index contributed by atoms with van der Waals surface area (Å²) in [5.41, 5.74) is 0.314. The molecule has 0 unspecified atom stereocenters. The maximum absolute atomic E-state index is 12.3. The molecule has 25 heavy (non-hydrogen) atoms. The van der Waals surface area contributed by atoms with Gasteiger partial charge in [0, 0.05) is 43.6 Å². The quantitative estimate of drug-likeness (QED) is 0.910. The molecule has 2 aromatic rings. The van der Waals surface area contributed by atoms with Crippen LogP contribution in [0.25, 0.3) is 0 Å². The molecule has 7 nitrogen and oxygen atoms in total. The molecule has 1 N–H and O–H groups in total. The van der Waals surface area contributed by atoms with Crippen molar-refractivity contribution in [2.24, 2.45) is 5.41 Å². The van der Waals surface area contributed by atoms with Crippen molar-refractivity contribution in [1.82, 2.24) is 14.9 Å². The van der Waals surface area contributed by atoms with E-state index >= 15 is 0 Å². The van der Waals surface area contributed by atoms with Gasteiger partial charge in [0.1, 0.15) is 5.41 Å². The summed E-state index contributed by atoms with van der Waals surface area (Å²) in [6, 6.07) is 3.74. The van der Waals surface area contributed by atoms with E-state index in [2.05, 4.69) is 14.9 Å². The molecule has 0 spiro atoms. The topological polar surface area (TPSA) is 82.7 Å². The fourth-order valence-corrected chi connectivity index (χ4v) is 4.36. The van der Waals surface area contributed by atoms with Crippen LogP contribution >= 0.6 is 0 Å². The third-order valence-electron chi connectivity index (χ3n) is 5.52. The third kappa shape index (κ3) is 2.89. The van der Waals surface area contributed by atoms with E-state index in [0.717, 1.165) is 38.0 Å². The van der Waals surface area contributed by atoms with Crippen LogP contribution in [-0.4, -0.2) is 51.6 Å². The second kappa shape index (κ2) is 6.48. The Balaban J connectivity index is 1.60. The lowest BCUT2D eigenvalue weighted by Crippen LogP contribution is -2.64. The smallest absolute Gasteiger partial charge is 0.313 e. The average Bonchev–Trinajstić information content (AvgIpc) is 3.15. The predicted molar refractivity (Wildman–Crippen MR) is 91.1 cm³/mol. The zero-order valence-electron chi connectivity index (χ0n) is 14.0. The van der Waals surface area contributed by atoms with E-state index in [-0.39, 0.29) is 6.04 Å². The summed E-state index contributed by atoms with van der Waals surface area (Å²) in [7, 11) is 0. The van der Waals surface area contributed by atoms with Crippen LogP contribution < -0.4 is 4.90 Å². The number of carboxylic acids is 1. The fraction of sp³-hybridized carbons (Fsp3) is 0.500. The summed E-state index contributed by atoms with van der Waals surface area (Å²) in [5.74, 6) is -0.0939. The predicted octanol–water partition coefficient (Wildman–Crippen LogP) is 2.02. The monoisotopic (exact) mass is 342 g/mol. The first-order chi connectivity index (χ1) is 12.2. The van der Waals surface area contributed by atoms with Crippen LogP contribution in [0.5, 0.6) is 0 Å². The van der Waals surface area contributed by atoms with Crippen LogP contribution in [0.15, 0.2) is 41.5 Å². The first-order valence-corrected chi connectivity index (χ1v) is 8.69. The van der Waals surface area contributed by atoms with E-state index in [4.69, 9.17) is 4.42 Å². The van der Waals surface area contributed by atoms with Crippen LogP contribution in [0.4, 0.5) is 5.95 Å². The molecule has 2 atom stereocenters. The van der Waals surface area contributed by atoms with Crippen LogP contribution in [-0.2, 0) is 11.3 Å². The number of piperidine rings is 2. The molecule has 0 bridgehead atoms. The summed E-state index contributed by atoms with van der Waals surface area (Å²) in [5, 5.41) is 10.1. The molecule has 0 amide bonds. The molecule has 2 aromatic heterocycles. The summed E-state index contributed by atoms with van der Waals surface area (Å²) in [6.07, 6.45) is 9.18. The average molecular weight is 342 g/mol. The van der Waals surface area contributed by atoms with Gasteiger partial charge in [-0.2, -0.15) is 0 Å². The van der Waals surface area contributed by atoms with E-state index in [1.807, 2.05) is 11.0 Å². The Morgan fingerprint density at radius 1 is 1.36 bits per heavy atom. The maximum atomic E-state index is 12.3. The molecule has 7 heteroatoms. The second-order valence-corrected chi connectivity index (χ2v) is 6.94. The molecule has 4 rings (SSSR count). The van der Waals surface area contributed by atoms with Crippen LogP contribution in [0.2, 0.25) is 0 Å². The number of aliphatic carboxylic acids is 1. The van der Waals surface area contributed by atoms with Crippen molar-refractivity contribution >= 4 is 11.9 Å². The molecule has 0 saturated carbocycles. The van der Waals surface area contributed by atoms with Crippen LogP contribution in [0, 0.1) is 5.41 Å². The van der Waals surface area contributed by atoms with Crippen molar-refractivity contribution in [1.29, 1.82) is 0 Å². The number of aromatic nitrogens is 2. The Bertz CT molecular complexity index is 721. The Kier molecular flexibility index (Phi) is 4.17. The first kappa shape index (κ1) is 16.1. The van der Waals surface area contributed by atoms with Crippen LogP contribution in [0.1, 0.15) is 24.8 Å². The number of carboxylic acid groups (broad SMARTS) is 1. The molecule has 2 aliphatic heterocycles. The zero-order valence-corrected chi connectivity index (χ0v) is 14.0. The largest absolute Gasteiger partial charge is 0.481 e. The molecular formula is C18H22N4O3. The Hall–Kier alpha value is -2.41. The van der Waals surface area contributed by atoms with E-state index in [1.165, 1.54) is 0 Å². The number of rotatable bonds is 4. The molecule has 2 fully saturated rings. The van der Waals surface area contributed by atoms with Gasteiger partial charge in [-0.3, -0.25) is 9.69 Å². The number of carbonyl (C=O) groups is 1. The normalized spacial score (nSPS) is 27.0. The lowest BCUT2D eigenvalue weighted by atomic mass is 9.69. The van der Waals surface area contributed by atoms with Gasteiger partial charge in [-0.15, -0.1) is 0 Å². The van der Waals surface area contributed by atoms with Crippen molar-refractivity contribution in [2.45, 2.75) is 31.8 Å². The number of hydrogen-bond donors (Lipinski definition) is 1. The Morgan fingerprint density at radius 2 is 2.20 bits per heavy atom. The SMILES string of the molecule is O=C(O)[C@]12CCCN(Cc3ccoc3)[C@@H]1CCN(c1ncccn1)C2. The minimum atomic E-state index is -0.778. The molecule has 4 heterocycles. The van der Waals surface area contributed by atoms with Crippen molar-refractivity contribution in [3.8, 4) is 0 Å². The van der Waals surface area contributed by atoms with Gasteiger partial charge in [0.15, 0.2) is 0 Å². The maximum Gasteiger partial charge on any atom is 0.313 e. The van der Waals surface area contributed by atoms with Crippen LogP contribution in [0.3, 0.4) is 0 Å². The number of likely N-dealkylation sites (tertiary alicyclic amines) is 1. The zero-order chi connectivity index (χ0) is 17.3. The highest BCUT2D eigenvalue weighted by atomic mass is 16.4. The highest BCUT2D eigenvalue weighted by Gasteiger charge is 2.53. The summed E-state index contributed by atoms with van der Waals surface area (Å²) < 4.78 is 5.17. The summed E-state index contributed by atoms with van der Waals surface area (Å²) in [6.45, 7) is 2.88. The number of nitrogens with zero attached hydrogens (tertiary/aromatic N) is 4. The van der Waals surface area contributed by atoms with Gasteiger partial charge in [-0.1, -0.05) is 0 Å². The highest BCUT2D eigenvalue weighted by Crippen LogP contribution is 2.43. The van der Waals surface area contributed by atoms with Gasteiger partial charge in [-0.05, 0) is 37.9 Å². The summed E-state index contributed by atoms with van der Waals surface area (Å²) in [4.78, 5) is 25.3. The molecular weight excluding hydrogens is 320 g/mol. The summed E-state index contributed by atoms with van der Waals surface area (Å²) >= 11 is 0. The van der Waals surface area contributed by atoms with Gasteiger partial charge in [0.2, 0.25) is 5.95 Å². The second-order valence-electron chi connectivity index (χ2n) is 6.94. The molecule has 0 aliphatic carbocycles. The molecule has 2 aliphatic rings. The van der Waals surface area contributed by atoms with Gasteiger partial charge in [-0.25, -0.2) is 9.97 Å². The highest BCUT2D eigenvalue weighted by molar-refractivity contribution is 5.77. The Morgan fingerprint density at radius 3 is 2.92 bits per heavy atom. The van der Waals surface area contributed by atoms with Gasteiger partial charge in [0.25, 0.3) is 0 Å². The molecule has 0 radical (unpaired) electrons. The minimum Gasteiger partial charge on any atom is -0.481 e.